The average molecular weight is 299 g/mol. The molecule has 1 atom stereocenters. The Hall–Kier alpha value is -1.69. The highest BCUT2D eigenvalue weighted by molar-refractivity contribution is 5.80. The van der Waals surface area contributed by atoms with Crippen molar-refractivity contribution in [2.45, 2.75) is 38.3 Å². The molecule has 0 spiro atoms. The molecular formula is C15H19F2NO3. The summed E-state index contributed by atoms with van der Waals surface area (Å²) in [6.45, 7) is -1.27. The summed E-state index contributed by atoms with van der Waals surface area (Å²) in [7, 11) is 0. The van der Waals surface area contributed by atoms with Crippen LogP contribution in [0.3, 0.4) is 0 Å². The molecule has 0 bridgehead atoms. The van der Waals surface area contributed by atoms with Crippen molar-refractivity contribution in [3.63, 3.8) is 0 Å². The lowest BCUT2D eigenvalue weighted by molar-refractivity contribution is -0.123. The summed E-state index contributed by atoms with van der Waals surface area (Å²) >= 11 is 0. The van der Waals surface area contributed by atoms with Gasteiger partial charge < -0.3 is 15.2 Å². The van der Waals surface area contributed by atoms with Gasteiger partial charge in [-0.25, -0.2) is 0 Å². The number of rotatable bonds is 7. The van der Waals surface area contributed by atoms with Gasteiger partial charge in [0.25, 0.3) is 0 Å². The van der Waals surface area contributed by atoms with Gasteiger partial charge in [0, 0.05) is 5.56 Å². The van der Waals surface area contributed by atoms with Crippen molar-refractivity contribution in [1.82, 2.24) is 5.32 Å². The van der Waals surface area contributed by atoms with Crippen molar-refractivity contribution in [1.29, 1.82) is 0 Å². The maximum Gasteiger partial charge on any atom is 0.387 e. The lowest BCUT2D eigenvalue weighted by Gasteiger charge is -2.29. The van der Waals surface area contributed by atoms with E-state index in [4.69, 9.17) is 0 Å². The van der Waals surface area contributed by atoms with E-state index in [1.165, 1.54) is 6.07 Å². The maximum atomic E-state index is 12.3. The first kappa shape index (κ1) is 15.7. The molecule has 1 amide bonds. The predicted octanol–water partition coefficient (Wildman–Crippen LogP) is 2.11. The molecule has 116 valence electrons. The SMILES string of the molecule is CC(CO)(NC(=O)Cc1ccccc1OC(F)F)C1CC1. The molecule has 1 aromatic rings. The number of hydrogen-bond acceptors (Lipinski definition) is 3. The van der Waals surface area contributed by atoms with Gasteiger partial charge in [0.15, 0.2) is 0 Å². The van der Waals surface area contributed by atoms with Crippen LogP contribution in [0.4, 0.5) is 8.78 Å². The Morgan fingerprint density at radius 1 is 1.48 bits per heavy atom. The largest absolute Gasteiger partial charge is 0.435 e. The Kier molecular flexibility index (Phi) is 4.77. The number of aliphatic hydroxyl groups is 1. The van der Waals surface area contributed by atoms with Crippen molar-refractivity contribution in [3.8, 4) is 5.75 Å². The van der Waals surface area contributed by atoms with Gasteiger partial charge in [-0.1, -0.05) is 18.2 Å². The van der Waals surface area contributed by atoms with Crippen molar-refractivity contribution < 1.29 is 23.4 Å². The molecule has 1 aliphatic carbocycles. The highest BCUT2D eigenvalue weighted by Gasteiger charge is 2.42. The van der Waals surface area contributed by atoms with Crippen LogP contribution in [0.25, 0.3) is 0 Å². The van der Waals surface area contributed by atoms with Gasteiger partial charge >= 0.3 is 6.61 Å². The summed E-state index contributed by atoms with van der Waals surface area (Å²) in [5, 5.41) is 12.2. The molecule has 1 unspecified atom stereocenters. The van der Waals surface area contributed by atoms with Gasteiger partial charge in [-0.15, -0.1) is 0 Å². The fourth-order valence-electron chi connectivity index (χ4n) is 2.39. The Balaban J connectivity index is 2.02. The lowest BCUT2D eigenvalue weighted by atomic mass is 9.96. The Bertz CT molecular complexity index is 505. The van der Waals surface area contributed by atoms with E-state index in [1.807, 2.05) is 0 Å². The van der Waals surface area contributed by atoms with Gasteiger partial charge in [-0.3, -0.25) is 4.79 Å². The summed E-state index contributed by atoms with van der Waals surface area (Å²) in [6.07, 6.45) is 1.88. The van der Waals surface area contributed by atoms with Gasteiger partial charge in [-0.2, -0.15) is 8.78 Å². The van der Waals surface area contributed by atoms with Crippen LogP contribution in [0.2, 0.25) is 0 Å². The standard InChI is InChI=1S/C15H19F2NO3/c1-15(9-19,11-6-7-11)18-13(20)8-10-4-2-3-5-12(10)21-14(16)17/h2-5,11,14,19H,6-9H2,1H3,(H,18,20). The first-order chi connectivity index (χ1) is 9.94. The van der Waals surface area contributed by atoms with E-state index in [9.17, 15) is 18.7 Å². The number of amides is 1. The number of halogens is 2. The van der Waals surface area contributed by atoms with Crippen LogP contribution in [0.1, 0.15) is 25.3 Å². The van der Waals surface area contributed by atoms with Crippen LogP contribution in [-0.4, -0.2) is 29.8 Å². The molecule has 1 aromatic carbocycles. The van der Waals surface area contributed by atoms with E-state index in [1.54, 1.807) is 25.1 Å². The average Bonchev–Trinajstić information content (AvgIpc) is 3.25. The van der Waals surface area contributed by atoms with Crippen LogP contribution in [-0.2, 0) is 11.2 Å². The third kappa shape index (κ3) is 4.14. The van der Waals surface area contributed by atoms with Gasteiger partial charge in [0.1, 0.15) is 5.75 Å². The Morgan fingerprint density at radius 2 is 2.14 bits per heavy atom. The molecule has 0 aliphatic heterocycles. The third-order valence-electron chi connectivity index (χ3n) is 3.77. The van der Waals surface area contributed by atoms with Crippen LogP contribution in [0.15, 0.2) is 24.3 Å². The molecule has 1 aliphatic rings. The fraction of sp³-hybridized carbons (Fsp3) is 0.533. The van der Waals surface area contributed by atoms with E-state index in [0.717, 1.165) is 12.8 Å². The fourth-order valence-corrected chi connectivity index (χ4v) is 2.39. The van der Waals surface area contributed by atoms with Crippen molar-refractivity contribution >= 4 is 5.91 Å². The summed E-state index contributed by atoms with van der Waals surface area (Å²) in [5.41, 5.74) is -0.248. The zero-order chi connectivity index (χ0) is 15.5. The quantitative estimate of drug-likeness (QED) is 0.810. The molecule has 0 saturated heterocycles. The molecule has 2 N–H and O–H groups in total. The third-order valence-corrected chi connectivity index (χ3v) is 3.77. The van der Waals surface area contributed by atoms with Crippen LogP contribution in [0, 0.1) is 5.92 Å². The zero-order valence-corrected chi connectivity index (χ0v) is 11.8. The summed E-state index contributed by atoms with van der Waals surface area (Å²) in [5.74, 6) is -0.0393. The summed E-state index contributed by atoms with van der Waals surface area (Å²) < 4.78 is 29.0. The molecular weight excluding hydrogens is 280 g/mol. The molecule has 1 saturated carbocycles. The van der Waals surface area contributed by atoms with E-state index in [0.29, 0.717) is 5.56 Å². The minimum absolute atomic E-state index is 0.000210. The minimum Gasteiger partial charge on any atom is -0.435 e. The lowest BCUT2D eigenvalue weighted by Crippen LogP contribution is -2.51. The molecule has 4 nitrogen and oxygen atoms in total. The number of hydrogen-bond donors (Lipinski definition) is 2. The van der Waals surface area contributed by atoms with E-state index in [2.05, 4.69) is 10.1 Å². The number of benzene rings is 1. The second-order valence-electron chi connectivity index (χ2n) is 5.56. The van der Waals surface area contributed by atoms with Crippen molar-refractivity contribution in [2.24, 2.45) is 5.92 Å². The van der Waals surface area contributed by atoms with E-state index >= 15 is 0 Å². The number of para-hydroxylation sites is 1. The molecule has 0 heterocycles. The summed E-state index contributed by atoms with van der Waals surface area (Å²) in [4.78, 5) is 12.1. The molecule has 0 aromatic heterocycles. The number of carbonyl (C=O) groups is 1. The highest BCUT2D eigenvalue weighted by atomic mass is 19.3. The van der Waals surface area contributed by atoms with E-state index in [-0.39, 0.29) is 30.6 Å². The van der Waals surface area contributed by atoms with Crippen LogP contribution >= 0.6 is 0 Å². The normalized spacial score (nSPS) is 17.4. The van der Waals surface area contributed by atoms with Crippen molar-refractivity contribution in [3.05, 3.63) is 29.8 Å². The van der Waals surface area contributed by atoms with Gasteiger partial charge in [0.05, 0.1) is 18.6 Å². The van der Waals surface area contributed by atoms with Gasteiger partial charge in [0.2, 0.25) is 5.91 Å². The van der Waals surface area contributed by atoms with Crippen LogP contribution < -0.4 is 10.1 Å². The summed E-state index contributed by atoms with van der Waals surface area (Å²) in [6, 6.07) is 6.21. The monoisotopic (exact) mass is 299 g/mol. The maximum absolute atomic E-state index is 12.3. The minimum atomic E-state index is -2.93. The Morgan fingerprint density at radius 3 is 2.71 bits per heavy atom. The number of carbonyl (C=O) groups excluding carboxylic acids is 1. The van der Waals surface area contributed by atoms with Crippen molar-refractivity contribution in [2.75, 3.05) is 6.61 Å². The second-order valence-corrected chi connectivity index (χ2v) is 5.56. The molecule has 1 fully saturated rings. The molecule has 21 heavy (non-hydrogen) atoms. The first-order valence-electron chi connectivity index (χ1n) is 6.89. The number of ether oxygens (including phenoxy) is 1. The molecule has 0 radical (unpaired) electrons. The Labute approximate surface area is 122 Å². The highest BCUT2D eigenvalue weighted by Crippen LogP contribution is 2.39. The smallest absolute Gasteiger partial charge is 0.387 e. The number of aliphatic hydroxyl groups excluding tert-OH is 1. The van der Waals surface area contributed by atoms with Crippen LogP contribution in [0.5, 0.6) is 5.75 Å². The predicted molar refractivity (Wildman–Crippen MR) is 73.1 cm³/mol. The molecule has 2 rings (SSSR count). The zero-order valence-electron chi connectivity index (χ0n) is 11.8. The molecule has 6 heteroatoms. The topological polar surface area (TPSA) is 58.6 Å². The first-order valence-corrected chi connectivity index (χ1v) is 6.89. The second kappa shape index (κ2) is 6.39. The number of alkyl halides is 2. The number of nitrogens with one attached hydrogen (secondary N) is 1. The van der Waals surface area contributed by atoms with Gasteiger partial charge in [-0.05, 0) is 31.7 Å². The van der Waals surface area contributed by atoms with E-state index < -0.39 is 12.2 Å².